The van der Waals surface area contributed by atoms with Crippen molar-refractivity contribution in [1.29, 1.82) is 0 Å². The summed E-state index contributed by atoms with van der Waals surface area (Å²) in [6.07, 6.45) is 6.49. The fraction of sp³-hybridized carbons (Fsp3) is 0.500. The molecule has 1 amide bonds. The summed E-state index contributed by atoms with van der Waals surface area (Å²) in [5, 5.41) is 13.0. The molecule has 0 unspecified atom stereocenters. The summed E-state index contributed by atoms with van der Waals surface area (Å²) in [4.78, 5) is 14.6. The number of hydrogen-bond donors (Lipinski definition) is 1. The van der Waals surface area contributed by atoms with Crippen molar-refractivity contribution in [2.45, 2.75) is 38.5 Å². The molecule has 0 spiro atoms. The molecular weight excluding hydrogens is 356 g/mol. The second kappa shape index (κ2) is 9.27. The second-order valence-electron chi connectivity index (χ2n) is 6.33. The van der Waals surface area contributed by atoms with Crippen molar-refractivity contribution in [3.63, 3.8) is 0 Å². The zero-order valence-corrected chi connectivity index (χ0v) is 15.8. The van der Waals surface area contributed by atoms with E-state index >= 15 is 0 Å². The number of carbonyl (C=O) groups is 1. The van der Waals surface area contributed by atoms with Crippen molar-refractivity contribution in [2.24, 2.45) is 0 Å². The number of nitrogens with one attached hydrogen (secondary N) is 1. The van der Waals surface area contributed by atoms with E-state index in [0.717, 1.165) is 30.0 Å². The van der Waals surface area contributed by atoms with Gasteiger partial charge in [0.25, 0.3) is 0 Å². The maximum atomic E-state index is 12.1. The van der Waals surface area contributed by atoms with Crippen LogP contribution in [0.3, 0.4) is 0 Å². The van der Waals surface area contributed by atoms with Crippen LogP contribution in [0.2, 0.25) is 5.02 Å². The highest BCUT2D eigenvalue weighted by Crippen LogP contribution is 2.27. The summed E-state index contributed by atoms with van der Waals surface area (Å²) < 4.78 is 0. The molecule has 1 aliphatic heterocycles. The average Bonchev–Trinajstić information content (AvgIpc) is 3.09. The molecular formula is C18H23ClN4OS. The number of nitrogens with zero attached hydrogens (tertiary/aromatic N) is 3. The summed E-state index contributed by atoms with van der Waals surface area (Å²) in [7, 11) is 0. The van der Waals surface area contributed by atoms with Gasteiger partial charge in [-0.05, 0) is 57.5 Å². The third kappa shape index (κ3) is 5.76. The highest BCUT2D eigenvalue weighted by atomic mass is 35.5. The standard InChI is InChI=1S/C18H23ClN4OS/c19-15-9-7-14(8-10-15)17-21-22-18(25-17)20-16(24)6-2-5-13-23-11-3-1-4-12-23/h7-10H,1-6,11-13H2,(H,20,22,24). The van der Waals surface area contributed by atoms with Crippen LogP contribution in [0, 0.1) is 0 Å². The fourth-order valence-corrected chi connectivity index (χ4v) is 3.86. The van der Waals surface area contributed by atoms with Crippen molar-refractivity contribution >= 4 is 34.0 Å². The molecule has 25 heavy (non-hydrogen) atoms. The molecule has 0 radical (unpaired) electrons. The van der Waals surface area contributed by atoms with E-state index in [2.05, 4.69) is 20.4 Å². The van der Waals surface area contributed by atoms with Crippen molar-refractivity contribution in [1.82, 2.24) is 15.1 Å². The summed E-state index contributed by atoms with van der Waals surface area (Å²) >= 11 is 7.27. The molecule has 0 saturated carbocycles. The van der Waals surface area contributed by atoms with Crippen LogP contribution in [0.25, 0.3) is 10.6 Å². The molecule has 1 saturated heterocycles. The molecule has 1 aliphatic rings. The van der Waals surface area contributed by atoms with E-state index in [1.165, 1.54) is 43.7 Å². The topological polar surface area (TPSA) is 58.1 Å². The van der Waals surface area contributed by atoms with Crippen LogP contribution in [-0.2, 0) is 4.79 Å². The Morgan fingerprint density at radius 1 is 1.12 bits per heavy atom. The van der Waals surface area contributed by atoms with Crippen molar-refractivity contribution in [3.8, 4) is 10.6 Å². The lowest BCUT2D eigenvalue weighted by atomic mass is 10.1. The van der Waals surface area contributed by atoms with E-state index in [4.69, 9.17) is 11.6 Å². The number of rotatable bonds is 7. The Labute approximate surface area is 157 Å². The van der Waals surface area contributed by atoms with Crippen LogP contribution >= 0.6 is 22.9 Å². The minimum Gasteiger partial charge on any atom is -0.303 e. The number of likely N-dealkylation sites (tertiary alicyclic amines) is 1. The molecule has 0 atom stereocenters. The van der Waals surface area contributed by atoms with Crippen molar-refractivity contribution in [2.75, 3.05) is 25.0 Å². The lowest BCUT2D eigenvalue weighted by molar-refractivity contribution is -0.116. The number of anilines is 1. The third-order valence-corrected chi connectivity index (χ3v) is 5.48. The predicted molar refractivity (Wildman–Crippen MR) is 103 cm³/mol. The number of amides is 1. The maximum absolute atomic E-state index is 12.1. The number of halogens is 1. The van der Waals surface area contributed by atoms with Gasteiger partial charge in [-0.3, -0.25) is 4.79 Å². The quantitative estimate of drug-likeness (QED) is 0.723. The van der Waals surface area contributed by atoms with Gasteiger partial charge in [0.1, 0.15) is 5.01 Å². The van der Waals surface area contributed by atoms with Crippen molar-refractivity contribution < 1.29 is 4.79 Å². The van der Waals surface area contributed by atoms with Crippen LogP contribution in [0.15, 0.2) is 24.3 Å². The lowest BCUT2D eigenvalue weighted by Crippen LogP contribution is -2.30. The molecule has 0 aliphatic carbocycles. The average molecular weight is 379 g/mol. The van der Waals surface area contributed by atoms with E-state index in [9.17, 15) is 4.79 Å². The molecule has 7 heteroatoms. The second-order valence-corrected chi connectivity index (χ2v) is 7.74. The summed E-state index contributed by atoms with van der Waals surface area (Å²) in [6.45, 7) is 3.53. The summed E-state index contributed by atoms with van der Waals surface area (Å²) in [5.74, 6) is 0.0115. The Morgan fingerprint density at radius 2 is 1.88 bits per heavy atom. The van der Waals surface area contributed by atoms with Crippen LogP contribution in [-0.4, -0.2) is 40.6 Å². The highest BCUT2D eigenvalue weighted by molar-refractivity contribution is 7.18. The first-order valence-corrected chi connectivity index (χ1v) is 10.0. The maximum Gasteiger partial charge on any atom is 0.226 e. The fourth-order valence-electron chi connectivity index (χ4n) is 2.97. The van der Waals surface area contributed by atoms with E-state index in [0.29, 0.717) is 16.6 Å². The summed E-state index contributed by atoms with van der Waals surface area (Å²) in [5.41, 5.74) is 0.948. The number of unbranched alkanes of at least 4 members (excludes halogenated alkanes) is 1. The number of carbonyl (C=O) groups excluding carboxylic acids is 1. The van der Waals surface area contributed by atoms with Gasteiger partial charge in [0.05, 0.1) is 0 Å². The Balaban J connectivity index is 1.40. The van der Waals surface area contributed by atoms with Gasteiger partial charge in [-0.2, -0.15) is 0 Å². The van der Waals surface area contributed by atoms with Gasteiger partial charge in [-0.25, -0.2) is 0 Å². The summed E-state index contributed by atoms with van der Waals surface area (Å²) in [6, 6.07) is 7.43. The SMILES string of the molecule is O=C(CCCCN1CCCCC1)Nc1nnc(-c2ccc(Cl)cc2)s1. The smallest absolute Gasteiger partial charge is 0.226 e. The molecule has 1 aromatic heterocycles. The van der Waals surface area contributed by atoms with Gasteiger partial charge in [0, 0.05) is 17.0 Å². The Kier molecular flexibility index (Phi) is 6.78. The van der Waals surface area contributed by atoms with Gasteiger partial charge in [0.15, 0.2) is 0 Å². The Bertz CT molecular complexity index is 683. The zero-order chi connectivity index (χ0) is 17.5. The van der Waals surface area contributed by atoms with E-state index < -0.39 is 0 Å². The molecule has 2 aromatic rings. The number of hydrogen-bond acceptors (Lipinski definition) is 5. The molecule has 1 fully saturated rings. The molecule has 1 aromatic carbocycles. The van der Waals surface area contributed by atoms with Crippen LogP contribution < -0.4 is 5.32 Å². The lowest BCUT2D eigenvalue weighted by Gasteiger charge is -2.26. The van der Waals surface area contributed by atoms with Gasteiger partial charge in [-0.15, -0.1) is 10.2 Å². The predicted octanol–water partition coefficient (Wildman–Crippen LogP) is 4.45. The molecule has 5 nitrogen and oxygen atoms in total. The van der Waals surface area contributed by atoms with Gasteiger partial charge >= 0.3 is 0 Å². The van der Waals surface area contributed by atoms with Crippen LogP contribution in [0.5, 0.6) is 0 Å². The number of aromatic nitrogens is 2. The monoisotopic (exact) mass is 378 g/mol. The molecule has 1 N–H and O–H groups in total. The van der Waals surface area contributed by atoms with Crippen LogP contribution in [0.4, 0.5) is 5.13 Å². The molecule has 3 rings (SSSR count). The number of benzene rings is 1. The first-order valence-electron chi connectivity index (χ1n) is 8.82. The van der Waals surface area contributed by atoms with Gasteiger partial charge < -0.3 is 10.2 Å². The first kappa shape index (κ1) is 18.3. The Morgan fingerprint density at radius 3 is 2.64 bits per heavy atom. The minimum atomic E-state index is 0.0115. The van der Waals surface area contributed by atoms with Gasteiger partial charge in [-0.1, -0.05) is 41.5 Å². The van der Waals surface area contributed by atoms with Crippen molar-refractivity contribution in [3.05, 3.63) is 29.3 Å². The zero-order valence-electron chi connectivity index (χ0n) is 14.2. The van der Waals surface area contributed by atoms with E-state index in [1.54, 1.807) is 0 Å². The van der Waals surface area contributed by atoms with Crippen LogP contribution in [0.1, 0.15) is 38.5 Å². The highest BCUT2D eigenvalue weighted by Gasteiger charge is 2.11. The first-order chi connectivity index (χ1) is 12.2. The van der Waals surface area contributed by atoms with Gasteiger partial charge in [0.2, 0.25) is 11.0 Å². The Hall–Kier alpha value is -1.50. The number of piperidine rings is 1. The normalized spacial score (nSPS) is 15.2. The van der Waals surface area contributed by atoms with E-state index in [-0.39, 0.29) is 5.91 Å². The molecule has 0 bridgehead atoms. The molecule has 2 heterocycles. The largest absolute Gasteiger partial charge is 0.303 e. The third-order valence-electron chi connectivity index (χ3n) is 4.34. The van der Waals surface area contributed by atoms with E-state index in [1.807, 2.05) is 24.3 Å². The molecule has 134 valence electrons. The minimum absolute atomic E-state index is 0.0115.